The molecule has 0 saturated heterocycles. The molecule has 1 aliphatic heterocycles. The Labute approximate surface area is 199 Å². The normalized spacial score (nSPS) is 17.3. The van der Waals surface area contributed by atoms with E-state index in [2.05, 4.69) is 0 Å². The average Bonchev–Trinajstić information content (AvgIpc) is 3.03. The fraction of sp³-hybridized carbons (Fsp3) is 0.200. The Morgan fingerprint density at radius 2 is 1.53 bits per heavy atom. The number of fused-ring (bicyclic) bond motifs is 2. The van der Waals surface area contributed by atoms with Gasteiger partial charge in [0.05, 0.1) is 18.7 Å². The van der Waals surface area contributed by atoms with Gasteiger partial charge in [-0.2, -0.15) is 0 Å². The van der Waals surface area contributed by atoms with Gasteiger partial charge in [0.2, 0.25) is 0 Å². The van der Waals surface area contributed by atoms with E-state index >= 15 is 0 Å². The van der Waals surface area contributed by atoms with Crippen LogP contribution in [-0.4, -0.2) is 16.8 Å². The predicted octanol–water partition coefficient (Wildman–Crippen LogP) is 5.77. The Morgan fingerprint density at radius 1 is 0.853 bits per heavy atom. The molecule has 1 N–H and O–H groups in total. The van der Waals surface area contributed by atoms with Crippen LogP contribution in [0.3, 0.4) is 0 Å². The van der Waals surface area contributed by atoms with Crippen molar-refractivity contribution in [3.63, 3.8) is 0 Å². The fourth-order valence-electron chi connectivity index (χ4n) is 5.02. The second kappa shape index (κ2) is 8.23. The van der Waals surface area contributed by atoms with Crippen molar-refractivity contribution in [3.8, 4) is 0 Å². The zero-order chi connectivity index (χ0) is 24.0. The van der Waals surface area contributed by atoms with Crippen LogP contribution >= 0.6 is 0 Å². The maximum Gasteiger partial charge on any atom is 0.264 e. The molecule has 170 valence electrons. The summed E-state index contributed by atoms with van der Waals surface area (Å²) in [5.41, 5.74) is 3.73. The Hall–Kier alpha value is -3.76. The van der Waals surface area contributed by atoms with Crippen molar-refractivity contribution in [2.45, 2.75) is 39.3 Å². The first-order valence-corrected chi connectivity index (χ1v) is 11.5. The number of ketones is 1. The molecule has 34 heavy (non-hydrogen) atoms. The SMILES string of the molecule is Cc1cc(C)c(C(=O)CC2(O)C(=O)N(Cc3cccc4ccccc34)c3ccccc32)cc1C. The number of carbonyl (C=O) groups excluding carboxylic acids is 2. The van der Waals surface area contributed by atoms with Gasteiger partial charge in [-0.15, -0.1) is 0 Å². The molecule has 1 unspecified atom stereocenters. The Morgan fingerprint density at radius 3 is 2.35 bits per heavy atom. The molecule has 0 spiro atoms. The number of para-hydroxylation sites is 1. The van der Waals surface area contributed by atoms with Gasteiger partial charge < -0.3 is 10.0 Å². The summed E-state index contributed by atoms with van der Waals surface area (Å²) in [7, 11) is 0. The lowest BCUT2D eigenvalue weighted by Crippen LogP contribution is -2.41. The first-order chi connectivity index (χ1) is 16.3. The minimum atomic E-state index is -1.90. The summed E-state index contributed by atoms with van der Waals surface area (Å²) >= 11 is 0. The molecule has 1 amide bonds. The van der Waals surface area contributed by atoms with Crippen LogP contribution in [0.1, 0.15) is 44.6 Å². The molecule has 0 bridgehead atoms. The molecular formula is C30H27NO3. The zero-order valence-corrected chi connectivity index (χ0v) is 19.6. The fourth-order valence-corrected chi connectivity index (χ4v) is 5.02. The van der Waals surface area contributed by atoms with Crippen molar-refractivity contribution in [1.29, 1.82) is 0 Å². The van der Waals surface area contributed by atoms with Gasteiger partial charge in [-0.05, 0) is 65.9 Å². The van der Waals surface area contributed by atoms with Crippen LogP contribution in [0.2, 0.25) is 0 Å². The van der Waals surface area contributed by atoms with Crippen LogP contribution in [0, 0.1) is 20.8 Å². The molecule has 4 nitrogen and oxygen atoms in total. The van der Waals surface area contributed by atoms with Crippen LogP contribution in [0.25, 0.3) is 10.8 Å². The Bertz CT molecular complexity index is 1450. The highest BCUT2D eigenvalue weighted by atomic mass is 16.3. The van der Waals surface area contributed by atoms with E-state index in [-0.39, 0.29) is 12.2 Å². The molecule has 0 saturated carbocycles. The third kappa shape index (κ3) is 3.51. The van der Waals surface area contributed by atoms with Gasteiger partial charge >= 0.3 is 0 Å². The molecule has 1 atom stereocenters. The number of benzene rings is 4. The maximum absolute atomic E-state index is 13.7. The zero-order valence-electron chi connectivity index (χ0n) is 19.6. The third-order valence-corrected chi connectivity index (χ3v) is 7.01. The van der Waals surface area contributed by atoms with E-state index in [0.29, 0.717) is 23.4 Å². The van der Waals surface area contributed by atoms with Gasteiger partial charge in [0.25, 0.3) is 5.91 Å². The molecular weight excluding hydrogens is 422 g/mol. The summed E-state index contributed by atoms with van der Waals surface area (Å²) in [5, 5.41) is 13.9. The summed E-state index contributed by atoms with van der Waals surface area (Å²) in [4.78, 5) is 28.7. The van der Waals surface area contributed by atoms with Crippen molar-refractivity contribution >= 4 is 28.2 Å². The lowest BCUT2D eigenvalue weighted by atomic mass is 9.86. The maximum atomic E-state index is 13.7. The second-order valence-electron chi connectivity index (χ2n) is 9.26. The first kappa shape index (κ1) is 22.1. The standard InChI is InChI=1S/C30H27NO3/c1-19-15-21(3)25(16-20(19)2)28(32)17-30(34)26-13-6-7-14-27(26)31(29(30)33)18-23-11-8-10-22-9-4-5-12-24(22)23/h4-16,34H,17-18H2,1-3H3. The van der Waals surface area contributed by atoms with Gasteiger partial charge in [0.1, 0.15) is 0 Å². The van der Waals surface area contributed by atoms with Crippen LogP contribution < -0.4 is 4.90 Å². The molecule has 0 aromatic heterocycles. The van der Waals surface area contributed by atoms with Gasteiger partial charge in [0, 0.05) is 11.1 Å². The summed E-state index contributed by atoms with van der Waals surface area (Å²) < 4.78 is 0. The minimum Gasteiger partial charge on any atom is -0.375 e. The molecule has 0 fully saturated rings. The minimum absolute atomic E-state index is 0.238. The summed E-state index contributed by atoms with van der Waals surface area (Å²) in [5.74, 6) is -0.699. The monoisotopic (exact) mass is 449 g/mol. The first-order valence-electron chi connectivity index (χ1n) is 11.5. The van der Waals surface area contributed by atoms with E-state index in [0.717, 1.165) is 33.0 Å². The molecule has 0 radical (unpaired) electrons. The number of amides is 1. The lowest BCUT2D eigenvalue weighted by Gasteiger charge is -2.23. The van der Waals surface area contributed by atoms with Crippen molar-refractivity contribution in [2.24, 2.45) is 0 Å². The van der Waals surface area contributed by atoms with Crippen LogP contribution in [-0.2, 0) is 16.9 Å². The van der Waals surface area contributed by atoms with Gasteiger partial charge in [-0.1, -0.05) is 66.7 Å². The van der Waals surface area contributed by atoms with E-state index in [1.807, 2.05) is 87.5 Å². The second-order valence-corrected chi connectivity index (χ2v) is 9.26. The number of aliphatic hydroxyl groups is 1. The molecule has 4 heteroatoms. The largest absolute Gasteiger partial charge is 0.375 e. The average molecular weight is 450 g/mol. The molecule has 1 aliphatic rings. The van der Waals surface area contributed by atoms with E-state index in [1.165, 1.54) is 0 Å². The highest BCUT2D eigenvalue weighted by Gasteiger charge is 2.50. The van der Waals surface area contributed by atoms with Crippen molar-refractivity contribution in [3.05, 3.63) is 112 Å². The number of aryl methyl sites for hydroxylation is 3. The van der Waals surface area contributed by atoms with E-state index in [9.17, 15) is 14.7 Å². The number of carbonyl (C=O) groups is 2. The van der Waals surface area contributed by atoms with Crippen molar-refractivity contribution in [2.75, 3.05) is 4.90 Å². The highest BCUT2D eigenvalue weighted by molar-refractivity contribution is 6.11. The van der Waals surface area contributed by atoms with Gasteiger partial charge in [-0.25, -0.2) is 0 Å². The number of anilines is 1. The van der Waals surface area contributed by atoms with Crippen molar-refractivity contribution < 1.29 is 14.7 Å². The molecule has 0 aliphatic carbocycles. The van der Waals surface area contributed by atoms with Crippen LogP contribution in [0.15, 0.2) is 78.9 Å². The Kier molecular flexibility index (Phi) is 5.34. The van der Waals surface area contributed by atoms with Crippen LogP contribution in [0.4, 0.5) is 5.69 Å². The number of hydrogen-bond acceptors (Lipinski definition) is 3. The van der Waals surface area contributed by atoms with Gasteiger partial charge in [-0.3, -0.25) is 9.59 Å². The van der Waals surface area contributed by atoms with E-state index < -0.39 is 11.5 Å². The lowest BCUT2D eigenvalue weighted by molar-refractivity contribution is -0.136. The van der Waals surface area contributed by atoms with Crippen molar-refractivity contribution in [1.82, 2.24) is 0 Å². The summed E-state index contributed by atoms with van der Waals surface area (Å²) in [6, 6.07) is 25.1. The van der Waals surface area contributed by atoms with Gasteiger partial charge in [0.15, 0.2) is 11.4 Å². The highest BCUT2D eigenvalue weighted by Crippen LogP contribution is 2.44. The Balaban J connectivity index is 1.53. The topological polar surface area (TPSA) is 57.6 Å². The number of Topliss-reactive ketones (excluding diaryl/α,β-unsaturated/α-hetero) is 1. The third-order valence-electron chi connectivity index (χ3n) is 7.01. The molecule has 4 aromatic carbocycles. The molecule has 5 rings (SSSR count). The quantitative estimate of drug-likeness (QED) is 0.393. The summed E-state index contributed by atoms with van der Waals surface area (Å²) in [6.45, 7) is 6.17. The van der Waals surface area contributed by atoms with E-state index in [4.69, 9.17) is 0 Å². The van der Waals surface area contributed by atoms with Crippen LogP contribution in [0.5, 0.6) is 0 Å². The number of hydrogen-bond donors (Lipinski definition) is 1. The summed E-state index contributed by atoms with van der Waals surface area (Å²) in [6.07, 6.45) is -0.293. The number of nitrogens with zero attached hydrogens (tertiary/aromatic N) is 1. The molecule has 1 heterocycles. The number of rotatable bonds is 5. The smallest absolute Gasteiger partial charge is 0.264 e. The van der Waals surface area contributed by atoms with E-state index in [1.54, 1.807) is 17.0 Å². The molecule has 4 aromatic rings. The predicted molar refractivity (Wildman–Crippen MR) is 135 cm³/mol.